The molecule has 1 aromatic heterocycles. The second kappa shape index (κ2) is 12.3. The molecule has 2 aromatic carbocycles. The van der Waals surface area contributed by atoms with Gasteiger partial charge < -0.3 is 15.2 Å². The normalized spacial score (nSPS) is 13.6. The number of primary amides is 1. The highest BCUT2D eigenvalue weighted by Gasteiger charge is 2.24. The van der Waals surface area contributed by atoms with Gasteiger partial charge in [-0.15, -0.1) is 0 Å². The number of rotatable bonds is 7. The molecule has 4 rings (SSSR count). The van der Waals surface area contributed by atoms with Crippen molar-refractivity contribution in [3.8, 4) is 0 Å². The molecule has 3 aromatic rings. The van der Waals surface area contributed by atoms with Crippen LogP contribution in [0.1, 0.15) is 78.7 Å². The van der Waals surface area contributed by atoms with E-state index in [1.165, 1.54) is 6.42 Å². The Bertz CT molecular complexity index is 1230. The van der Waals surface area contributed by atoms with Gasteiger partial charge in [-0.25, -0.2) is 4.98 Å². The Morgan fingerprint density at radius 3 is 2.44 bits per heavy atom. The number of fused-ring (bicyclic) bond motifs is 1. The smallest absolute Gasteiger partial charge is 0.257 e. The largest absolute Gasteiger partial charge is 0.370 e. The Kier molecular flexibility index (Phi) is 9.22. The zero-order valence-corrected chi connectivity index (χ0v) is 21.7. The lowest BCUT2D eigenvalue weighted by atomic mass is 9.94. The summed E-state index contributed by atoms with van der Waals surface area (Å²) in [4.78, 5) is 43.9. The third-order valence-electron chi connectivity index (χ3n) is 6.53. The van der Waals surface area contributed by atoms with Gasteiger partial charge in [-0.3, -0.25) is 19.7 Å². The van der Waals surface area contributed by atoms with Crippen molar-refractivity contribution in [1.29, 1.82) is 0 Å². The molecule has 1 aliphatic rings. The number of carbonyl (C=O) groups is 3. The van der Waals surface area contributed by atoms with Gasteiger partial charge in [0.2, 0.25) is 11.9 Å². The van der Waals surface area contributed by atoms with E-state index < -0.39 is 5.91 Å². The molecule has 0 atom stereocenters. The van der Waals surface area contributed by atoms with Crippen LogP contribution in [0.25, 0.3) is 11.0 Å². The topological polar surface area (TPSA) is 110 Å². The van der Waals surface area contributed by atoms with E-state index in [1.807, 2.05) is 50.9 Å². The van der Waals surface area contributed by atoms with Gasteiger partial charge in [0.25, 0.3) is 11.8 Å². The Hall–Kier alpha value is -3.68. The van der Waals surface area contributed by atoms with Crippen molar-refractivity contribution in [1.82, 2.24) is 14.5 Å². The fraction of sp³-hybridized carbons (Fsp3) is 0.429. The second-order valence-corrected chi connectivity index (χ2v) is 9.04. The lowest BCUT2D eigenvalue weighted by molar-refractivity contribution is -0.118. The standard InChI is InChI=1S/C26H31N5O3.C2H6/c1-17-7-6-8-18(15-17)24(33)29-26-28-21-16-19(11-12-22(21)31(26)14-13-23(27)32)25(34)30(2)20-9-4-3-5-10-20;1-2/h6-8,11-12,15-16,20H,3-5,9-10,13-14H2,1-2H3,(H2,27,32)(H,28,29,33);1-2H3. The fourth-order valence-corrected chi connectivity index (χ4v) is 4.60. The average Bonchev–Trinajstić information content (AvgIpc) is 3.24. The number of benzene rings is 2. The fourth-order valence-electron chi connectivity index (χ4n) is 4.60. The highest BCUT2D eigenvalue weighted by molar-refractivity contribution is 6.04. The van der Waals surface area contributed by atoms with Gasteiger partial charge in [0.05, 0.1) is 11.0 Å². The zero-order chi connectivity index (χ0) is 26.2. The molecule has 0 spiro atoms. The van der Waals surface area contributed by atoms with Crippen molar-refractivity contribution in [2.75, 3.05) is 12.4 Å². The van der Waals surface area contributed by atoms with E-state index >= 15 is 0 Å². The van der Waals surface area contributed by atoms with Crippen LogP contribution in [0, 0.1) is 6.92 Å². The van der Waals surface area contributed by atoms with Crippen LogP contribution in [0.15, 0.2) is 42.5 Å². The molecule has 8 nitrogen and oxygen atoms in total. The van der Waals surface area contributed by atoms with Crippen LogP contribution in [0.2, 0.25) is 0 Å². The van der Waals surface area contributed by atoms with Crippen LogP contribution in [-0.4, -0.2) is 45.3 Å². The van der Waals surface area contributed by atoms with E-state index in [2.05, 4.69) is 10.3 Å². The zero-order valence-electron chi connectivity index (χ0n) is 21.7. The minimum Gasteiger partial charge on any atom is -0.370 e. The summed E-state index contributed by atoms with van der Waals surface area (Å²) in [6, 6.07) is 12.9. The number of hydrogen-bond acceptors (Lipinski definition) is 4. The van der Waals surface area contributed by atoms with Crippen LogP contribution in [0.5, 0.6) is 0 Å². The lowest BCUT2D eigenvalue weighted by Gasteiger charge is -2.31. The number of aryl methyl sites for hydroxylation is 2. The Morgan fingerprint density at radius 1 is 1.06 bits per heavy atom. The first-order valence-corrected chi connectivity index (χ1v) is 12.8. The summed E-state index contributed by atoms with van der Waals surface area (Å²) in [6.07, 6.45) is 5.68. The first-order valence-electron chi connectivity index (χ1n) is 12.8. The van der Waals surface area contributed by atoms with Gasteiger partial charge in [0.15, 0.2) is 0 Å². The van der Waals surface area contributed by atoms with Crippen LogP contribution in [-0.2, 0) is 11.3 Å². The maximum Gasteiger partial charge on any atom is 0.257 e. The number of aromatic nitrogens is 2. The molecule has 1 saturated carbocycles. The quantitative estimate of drug-likeness (QED) is 0.489. The van der Waals surface area contributed by atoms with Gasteiger partial charge >= 0.3 is 0 Å². The van der Waals surface area contributed by atoms with Crippen molar-refractivity contribution in [3.05, 3.63) is 59.2 Å². The molecule has 192 valence electrons. The molecular weight excluding hydrogens is 454 g/mol. The highest BCUT2D eigenvalue weighted by Crippen LogP contribution is 2.26. The Morgan fingerprint density at radius 2 is 1.78 bits per heavy atom. The van der Waals surface area contributed by atoms with E-state index in [4.69, 9.17) is 5.73 Å². The van der Waals surface area contributed by atoms with E-state index in [1.54, 1.807) is 28.8 Å². The molecule has 1 fully saturated rings. The molecule has 0 radical (unpaired) electrons. The summed E-state index contributed by atoms with van der Waals surface area (Å²) < 4.78 is 1.76. The molecule has 0 unspecified atom stereocenters. The van der Waals surface area contributed by atoms with Crippen molar-refractivity contribution in [2.45, 2.75) is 71.9 Å². The maximum atomic E-state index is 13.1. The van der Waals surface area contributed by atoms with Crippen molar-refractivity contribution < 1.29 is 14.4 Å². The molecule has 3 amide bonds. The van der Waals surface area contributed by atoms with Crippen molar-refractivity contribution in [2.24, 2.45) is 5.73 Å². The molecule has 0 saturated heterocycles. The minimum absolute atomic E-state index is 0.0363. The molecule has 1 heterocycles. The summed E-state index contributed by atoms with van der Waals surface area (Å²) in [7, 11) is 1.86. The Labute approximate surface area is 212 Å². The van der Waals surface area contributed by atoms with Crippen LogP contribution >= 0.6 is 0 Å². The monoisotopic (exact) mass is 491 g/mol. The summed E-state index contributed by atoms with van der Waals surface area (Å²) in [5, 5.41) is 2.86. The number of nitrogens with one attached hydrogen (secondary N) is 1. The summed E-state index contributed by atoms with van der Waals surface area (Å²) in [5.74, 6) is -0.467. The predicted octanol–water partition coefficient (Wildman–Crippen LogP) is 4.90. The average molecular weight is 492 g/mol. The number of imidazole rings is 1. The molecule has 1 aliphatic carbocycles. The van der Waals surface area contributed by atoms with Crippen LogP contribution < -0.4 is 11.1 Å². The van der Waals surface area contributed by atoms with E-state index in [0.29, 0.717) is 22.6 Å². The highest BCUT2D eigenvalue weighted by atomic mass is 16.2. The van der Waals surface area contributed by atoms with Gasteiger partial charge in [-0.05, 0) is 50.1 Å². The molecule has 36 heavy (non-hydrogen) atoms. The van der Waals surface area contributed by atoms with Crippen LogP contribution in [0.3, 0.4) is 0 Å². The summed E-state index contributed by atoms with van der Waals surface area (Å²) in [5.41, 5.74) is 8.70. The first kappa shape index (κ1) is 26.9. The van der Waals surface area contributed by atoms with Crippen LogP contribution in [0.4, 0.5) is 5.95 Å². The number of nitrogens with two attached hydrogens (primary N) is 1. The van der Waals surface area contributed by atoms with E-state index in [0.717, 1.165) is 36.8 Å². The number of carbonyl (C=O) groups excluding carboxylic acids is 3. The molecule has 8 heteroatoms. The minimum atomic E-state index is -0.446. The molecular formula is C28H37N5O3. The van der Waals surface area contributed by atoms with Gasteiger partial charge in [0, 0.05) is 37.2 Å². The summed E-state index contributed by atoms with van der Waals surface area (Å²) in [6.45, 7) is 6.19. The van der Waals surface area contributed by atoms with Gasteiger partial charge in [0.1, 0.15) is 0 Å². The number of nitrogens with zero attached hydrogens (tertiary/aromatic N) is 3. The third kappa shape index (κ3) is 6.30. The molecule has 0 aliphatic heterocycles. The first-order chi connectivity index (χ1) is 17.3. The summed E-state index contributed by atoms with van der Waals surface area (Å²) >= 11 is 0. The number of amides is 3. The van der Waals surface area contributed by atoms with Crippen molar-refractivity contribution >= 4 is 34.7 Å². The predicted molar refractivity (Wildman–Crippen MR) is 143 cm³/mol. The van der Waals surface area contributed by atoms with Crippen molar-refractivity contribution in [3.63, 3.8) is 0 Å². The molecule has 0 bridgehead atoms. The maximum absolute atomic E-state index is 13.1. The number of anilines is 1. The molecule has 3 N–H and O–H groups in total. The third-order valence-corrected chi connectivity index (χ3v) is 6.53. The van der Waals surface area contributed by atoms with Gasteiger partial charge in [-0.1, -0.05) is 50.8 Å². The van der Waals surface area contributed by atoms with E-state index in [-0.39, 0.29) is 30.8 Å². The SMILES string of the molecule is CC.Cc1cccc(C(=O)Nc2nc3cc(C(=O)N(C)C4CCCCC4)ccc3n2CCC(N)=O)c1. The van der Waals surface area contributed by atoms with Gasteiger partial charge in [-0.2, -0.15) is 0 Å². The lowest BCUT2D eigenvalue weighted by Crippen LogP contribution is -2.38. The second-order valence-electron chi connectivity index (χ2n) is 9.04. The number of hydrogen-bond donors (Lipinski definition) is 2. The Balaban J connectivity index is 0.00000176. The van der Waals surface area contributed by atoms with E-state index in [9.17, 15) is 14.4 Å².